The summed E-state index contributed by atoms with van der Waals surface area (Å²) >= 11 is 5.59. The van der Waals surface area contributed by atoms with Crippen LogP contribution in [0.15, 0.2) is 46.6 Å². The van der Waals surface area contributed by atoms with Crippen LogP contribution in [0.4, 0.5) is 4.39 Å². The summed E-state index contributed by atoms with van der Waals surface area (Å²) in [6, 6.07) is 5.60. The first-order chi connectivity index (χ1) is 8.00. The average Bonchev–Trinajstić information content (AvgIpc) is 2.29. The summed E-state index contributed by atoms with van der Waals surface area (Å²) in [4.78, 5) is 7.18. The zero-order chi connectivity index (χ0) is 12.5. The number of sulfone groups is 1. The molecule has 0 aliphatic carbocycles. The van der Waals surface area contributed by atoms with E-state index < -0.39 is 15.7 Å². The molecule has 2 aromatic rings. The molecule has 88 valence electrons. The molecule has 7 heteroatoms. The van der Waals surface area contributed by atoms with E-state index in [1.165, 1.54) is 12.1 Å². The van der Waals surface area contributed by atoms with Crippen LogP contribution in [0.3, 0.4) is 0 Å². The molecule has 1 aromatic carbocycles. The Morgan fingerprint density at radius 1 is 1.12 bits per heavy atom. The second-order valence-electron chi connectivity index (χ2n) is 3.14. The van der Waals surface area contributed by atoms with Gasteiger partial charge < -0.3 is 0 Å². The van der Waals surface area contributed by atoms with E-state index in [9.17, 15) is 12.8 Å². The Bertz CT molecular complexity index is 644. The van der Waals surface area contributed by atoms with E-state index in [2.05, 4.69) is 9.97 Å². The maximum Gasteiger partial charge on any atom is 0.224 e. The smallest absolute Gasteiger partial charge is 0.224 e. The van der Waals surface area contributed by atoms with Crippen LogP contribution in [0.25, 0.3) is 0 Å². The molecule has 0 amide bonds. The number of hydrogen-bond donors (Lipinski definition) is 0. The largest absolute Gasteiger partial charge is 0.225 e. The molecule has 0 radical (unpaired) electrons. The van der Waals surface area contributed by atoms with Gasteiger partial charge in [-0.15, -0.1) is 0 Å². The van der Waals surface area contributed by atoms with Crippen molar-refractivity contribution < 1.29 is 12.8 Å². The molecule has 0 fully saturated rings. The lowest BCUT2D eigenvalue weighted by Gasteiger charge is -2.03. The van der Waals surface area contributed by atoms with Gasteiger partial charge in [-0.05, 0) is 24.3 Å². The molecule has 1 heterocycles. The van der Waals surface area contributed by atoms with Crippen LogP contribution in [0.5, 0.6) is 0 Å². The van der Waals surface area contributed by atoms with Gasteiger partial charge in [-0.2, -0.15) is 0 Å². The van der Waals surface area contributed by atoms with E-state index in [4.69, 9.17) is 11.6 Å². The van der Waals surface area contributed by atoms with Crippen LogP contribution in [0.1, 0.15) is 0 Å². The number of benzene rings is 1. The third kappa shape index (κ3) is 2.42. The second kappa shape index (κ2) is 4.38. The fourth-order valence-electron chi connectivity index (χ4n) is 1.20. The molecule has 17 heavy (non-hydrogen) atoms. The standard InChI is InChI=1S/C10H6ClFN2O2S/c11-9-5-10(14-6-13-9)17(15,16)8-3-1-7(12)2-4-8/h1-6H. The summed E-state index contributed by atoms with van der Waals surface area (Å²) < 4.78 is 36.8. The summed E-state index contributed by atoms with van der Waals surface area (Å²) in [5.41, 5.74) is 0. The van der Waals surface area contributed by atoms with Gasteiger partial charge in [0.2, 0.25) is 9.84 Å². The number of halogens is 2. The molecule has 0 bridgehead atoms. The molecule has 0 N–H and O–H groups in total. The topological polar surface area (TPSA) is 59.9 Å². The monoisotopic (exact) mass is 272 g/mol. The van der Waals surface area contributed by atoms with Gasteiger partial charge in [0, 0.05) is 6.07 Å². The lowest BCUT2D eigenvalue weighted by Crippen LogP contribution is -2.04. The Kier molecular flexibility index (Phi) is 3.08. The van der Waals surface area contributed by atoms with E-state index in [1.54, 1.807) is 0 Å². The molecule has 0 atom stereocenters. The summed E-state index contributed by atoms with van der Waals surface area (Å²) in [6.07, 6.45) is 1.05. The third-order valence-corrected chi connectivity index (χ3v) is 3.88. The number of hydrogen-bond acceptors (Lipinski definition) is 4. The van der Waals surface area contributed by atoms with Crippen molar-refractivity contribution in [1.82, 2.24) is 9.97 Å². The first-order valence-electron chi connectivity index (χ1n) is 4.48. The van der Waals surface area contributed by atoms with Crippen molar-refractivity contribution in [3.05, 3.63) is 47.6 Å². The van der Waals surface area contributed by atoms with Crippen molar-refractivity contribution in [2.75, 3.05) is 0 Å². The lowest BCUT2D eigenvalue weighted by molar-refractivity contribution is 0.590. The highest BCUT2D eigenvalue weighted by Gasteiger charge is 2.19. The fraction of sp³-hybridized carbons (Fsp3) is 0. The van der Waals surface area contributed by atoms with Crippen molar-refractivity contribution in [3.8, 4) is 0 Å². The predicted octanol–water partition coefficient (Wildman–Crippen LogP) is 2.10. The molecular weight excluding hydrogens is 267 g/mol. The number of aromatic nitrogens is 2. The van der Waals surface area contributed by atoms with Crippen LogP contribution >= 0.6 is 11.6 Å². The SMILES string of the molecule is O=S(=O)(c1ccc(F)cc1)c1cc(Cl)ncn1. The Morgan fingerprint density at radius 3 is 2.35 bits per heavy atom. The molecule has 0 unspecified atom stereocenters. The molecule has 0 saturated carbocycles. The van der Waals surface area contributed by atoms with Gasteiger partial charge in [0.15, 0.2) is 5.03 Å². The normalized spacial score (nSPS) is 11.4. The Labute approximate surface area is 102 Å². The second-order valence-corrected chi connectivity index (χ2v) is 5.42. The van der Waals surface area contributed by atoms with E-state index in [1.807, 2.05) is 0 Å². The number of nitrogens with zero attached hydrogens (tertiary/aromatic N) is 2. The zero-order valence-corrected chi connectivity index (χ0v) is 9.91. The molecule has 0 aliphatic rings. The van der Waals surface area contributed by atoms with Gasteiger partial charge in [0.1, 0.15) is 17.3 Å². The molecule has 0 spiro atoms. The van der Waals surface area contributed by atoms with E-state index in [-0.39, 0.29) is 15.1 Å². The van der Waals surface area contributed by atoms with Gasteiger partial charge in [0.25, 0.3) is 0 Å². The fourth-order valence-corrected chi connectivity index (χ4v) is 2.60. The van der Waals surface area contributed by atoms with E-state index in [0.717, 1.165) is 24.5 Å². The van der Waals surface area contributed by atoms with Gasteiger partial charge >= 0.3 is 0 Å². The van der Waals surface area contributed by atoms with Gasteiger partial charge in [-0.25, -0.2) is 22.8 Å². The summed E-state index contributed by atoms with van der Waals surface area (Å²) in [5.74, 6) is -0.510. The van der Waals surface area contributed by atoms with Crippen LogP contribution in [-0.2, 0) is 9.84 Å². The van der Waals surface area contributed by atoms with Crippen LogP contribution < -0.4 is 0 Å². The van der Waals surface area contributed by atoms with E-state index >= 15 is 0 Å². The van der Waals surface area contributed by atoms with Crippen LogP contribution in [-0.4, -0.2) is 18.4 Å². The van der Waals surface area contributed by atoms with Crippen molar-refractivity contribution in [3.63, 3.8) is 0 Å². The summed E-state index contributed by atoms with van der Waals surface area (Å²) in [6.45, 7) is 0. The van der Waals surface area contributed by atoms with Crippen molar-refractivity contribution in [2.24, 2.45) is 0 Å². The molecule has 4 nitrogen and oxygen atoms in total. The zero-order valence-electron chi connectivity index (χ0n) is 8.34. The lowest BCUT2D eigenvalue weighted by atomic mass is 10.4. The first kappa shape index (κ1) is 11.9. The minimum atomic E-state index is -3.78. The number of rotatable bonds is 2. The van der Waals surface area contributed by atoms with Gasteiger partial charge in [-0.1, -0.05) is 11.6 Å². The van der Waals surface area contributed by atoms with Crippen LogP contribution in [0.2, 0.25) is 5.15 Å². The van der Waals surface area contributed by atoms with Gasteiger partial charge in [0.05, 0.1) is 4.90 Å². The predicted molar refractivity (Wildman–Crippen MR) is 58.9 cm³/mol. The Morgan fingerprint density at radius 2 is 1.76 bits per heavy atom. The Hall–Kier alpha value is -1.53. The first-order valence-corrected chi connectivity index (χ1v) is 6.34. The Balaban J connectivity index is 2.54. The minimum Gasteiger partial charge on any atom is -0.225 e. The van der Waals surface area contributed by atoms with Gasteiger partial charge in [-0.3, -0.25) is 0 Å². The van der Waals surface area contributed by atoms with Crippen molar-refractivity contribution in [1.29, 1.82) is 0 Å². The molecule has 1 aromatic heterocycles. The summed E-state index contributed by atoms with van der Waals surface area (Å²) in [5, 5.41) is -0.190. The molecule has 0 saturated heterocycles. The minimum absolute atomic E-state index is 0.0284. The third-order valence-electron chi connectivity index (χ3n) is 2.01. The van der Waals surface area contributed by atoms with Crippen molar-refractivity contribution >= 4 is 21.4 Å². The highest BCUT2D eigenvalue weighted by Crippen LogP contribution is 2.20. The maximum atomic E-state index is 12.7. The average molecular weight is 273 g/mol. The van der Waals surface area contributed by atoms with Crippen LogP contribution in [0, 0.1) is 5.82 Å². The quantitative estimate of drug-likeness (QED) is 0.620. The maximum absolute atomic E-state index is 12.7. The van der Waals surface area contributed by atoms with E-state index in [0.29, 0.717) is 0 Å². The summed E-state index contributed by atoms with van der Waals surface area (Å²) in [7, 11) is -3.78. The highest BCUT2D eigenvalue weighted by molar-refractivity contribution is 7.91. The highest BCUT2D eigenvalue weighted by atomic mass is 35.5. The molecular formula is C10H6ClFN2O2S. The molecule has 2 rings (SSSR count). The molecule has 0 aliphatic heterocycles. The van der Waals surface area contributed by atoms with Crippen molar-refractivity contribution in [2.45, 2.75) is 9.92 Å².